The number of carbonyl (C=O) groups excluding carboxylic acids is 3. The lowest BCUT2D eigenvalue weighted by atomic mass is 10.1. The van der Waals surface area contributed by atoms with Crippen LogP contribution in [0, 0.1) is 0 Å². The Balaban J connectivity index is 1.65. The summed E-state index contributed by atoms with van der Waals surface area (Å²) in [6.07, 6.45) is 0.396. The molecule has 3 aromatic carbocycles. The summed E-state index contributed by atoms with van der Waals surface area (Å²) < 4.78 is 6.09. The molecule has 1 heterocycles. The Labute approximate surface area is 211 Å². The highest BCUT2D eigenvalue weighted by molar-refractivity contribution is 9.10. The summed E-state index contributed by atoms with van der Waals surface area (Å²) in [5.41, 5.74) is 1.79. The van der Waals surface area contributed by atoms with Gasteiger partial charge in [-0.15, -0.1) is 0 Å². The van der Waals surface area contributed by atoms with Crippen molar-refractivity contribution in [2.75, 3.05) is 18.6 Å². The Morgan fingerprint density at radius 3 is 2.53 bits per heavy atom. The molecule has 1 atom stereocenters. The van der Waals surface area contributed by atoms with E-state index in [-0.39, 0.29) is 24.8 Å². The molecule has 0 saturated carbocycles. The number of ether oxygens (including phenoxy) is 1. The van der Waals surface area contributed by atoms with Crippen LogP contribution in [0.1, 0.15) is 22.3 Å². The highest BCUT2D eigenvalue weighted by atomic mass is 79.9. The number of anilines is 1. The fraction of sp³-hybridized carbons (Fsp3) is 0.192. The number of amides is 3. The van der Waals surface area contributed by atoms with Crippen molar-refractivity contribution in [3.63, 3.8) is 0 Å². The molecule has 0 bridgehead atoms. The van der Waals surface area contributed by atoms with Gasteiger partial charge < -0.3 is 9.64 Å². The zero-order valence-corrected chi connectivity index (χ0v) is 20.8. The summed E-state index contributed by atoms with van der Waals surface area (Å²) in [6.45, 7) is 0.244. The molecule has 1 aliphatic heterocycles. The molecule has 1 fully saturated rings. The number of methoxy groups -OCH3 is 1. The van der Waals surface area contributed by atoms with Gasteiger partial charge in [0, 0.05) is 21.6 Å². The third-order valence-corrected chi connectivity index (χ3v) is 6.46. The fourth-order valence-electron chi connectivity index (χ4n) is 3.98. The molecule has 174 valence electrons. The molecule has 8 heteroatoms. The quantitative estimate of drug-likeness (QED) is 0.389. The van der Waals surface area contributed by atoms with Gasteiger partial charge in [0.1, 0.15) is 11.8 Å². The van der Waals surface area contributed by atoms with Crippen LogP contribution in [0.15, 0.2) is 77.3 Å². The van der Waals surface area contributed by atoms with Crippen molar-refractivity contribution in [1.29, 1.82) is 0 Å². The first-order chi connectivity index (χ1) is 16.4. The first-order valence-corrected chi connectivity index (χ1v) is 11.9. The summed E-state index contributed by atoms with van der Waals surface area (Å²) in [4.78, 5) is 42.5. The Hall–Kier alpha value is -3.16. The molecule has 0 aromatic heterocycles. The molecule has 1 unspecified atom stereocenters. The Kier molecular flexibility index (Phi) is 7.34. The Morgan fingerprint density at radius 2 is 1.82 bits per heavy atom. The van der Waals surface area contributed by atoms with E-state index < -0.39 is 11.9 Å². The summed E-state index contributed by atoms with van der Waals surface area (Å²) in [7, 11) is 1.52. The number of hydrogen-bond acceptors (Lipinski definition) is 4. The van der Waals surface area contributed by atoms with Gasteiger partial charge in [-0.2, -0.15) is 0 Å². The van der Waals surface area contributed by atoms with Crippen LogP contribution in [0.2, 0.25) is 5.02 Å². The number of hydrogen-bond donors (Lipinski definition) is 0. The molecule has 34 heavy (non-hydrogen) atoms. The van der Waals surface area contributed by atoms with Crippen LogP contribution >= 0.6 is 27.5 Å². The minimum Gasteiger partial charge on any atom is -0.497 e. The monoisotopic (exact) mass is 540 g/mol. The maximum Gasteiger partial charge on any atom is 0.257 e. The zero-order chi connectivity index (χ0) is 24.2. The molecule has 3 aromatic rings. The van der Waals surface area contributed by atoms with E-state index in [2.05, 4.69) is 15.9 Å². The molecule has 4 rings (SSSR count). The van der Waals surface area contributed by atoms with Crippen LogP contribution in [0.25, 0.3) is 0 Å². The summed E-state index contributed by atoms with van der Waals surface area (Å²) in [5, 5.41) is 0.594. The van der Waals surface area contributed by atoms with Gasteiger partial charge in [0.05, 0.1) is 19.2 Å². The van der Waals surface area contributed by atoms with Crippen molar-refractivity contribution in [1.82, 2.24) is 4.90 Å². The van der Waals surface area contributed by atoms with E-state index in [0.29, 0.717) is 28.4 Å². The first kappa shape index (κ1) is 24.0. The van der Waals surface area contributed by atoms with E-state index in [4.69, 9.17) is 16.3 Å². The molecule has 0 spiro atoms. The molecule has 1 saturated heterocycles. The van der Waals surface area contributed by atoms with E-state index in [0.717, 1.165) is 14.9 Å². The average Bonchev–Trinajstić information content (AvgIpc) is 3.13. The van der Waals surface area contributed by atoms with E-state index in [1.54, 1.807) is 54.6 Å². The van der Waals surface area contributed by atoms with Gasteiger partial charge in [0.2, 0.25) is 5.91 Å². The predicted molar refractivity (Wildman–Crippen MR) is 134 cm³/mol. The van der Waals surface area contributed by atoms with Gasteiger partial charge in [-0.3, -0.25) is 14.4 Å². The second kappa shape index (κ2) is 10.4. The lowest BCUT2D eigenvalue weighted by Crippen LogP contribution is -2.46. The van der Waals surface area contributed by atoms with Crippen LogP contribution in [-0.2, 0) is 16.0 Å². The van der Waals surface area contributed by atoms with E-state index in [9.17, 15) is 14.4 Å². The molecule has 0 radical (unpaired) electrons. The Morgan fingerprint density at radius 1 is 1.09 bits per heavy atom. The van der Waals surface area contributed by atoms with Crippen molar-refractivity contribution in [2.24, 2.45) is 0 Å². The third kappa shape index (κ3) is 5.16. The summed E-state index contributed by atoms with van der Waals surface area (Å²) in [5.74, 6) is -0.575. The van der Waals surface area contributed by atoms with Crippen molar-refractivity contribution in [2.45, 2.75) is 18.9 Å². The maximum absolute atomic E-state index is 13.6. The summed E-state index contributed by atoms with van der Waals surface area (Å²) in [6, 6.07) is 20.1. The molecule has 0 N–H and O–H groups in total. The number of rotatable bonds is 7. The lowest BCUT2D eigenvalue weighted by molar-refractivity contribution is -0.122. The van der Waals surface area contributed by atoms with E-state index in [1.807, 2.05) is 18.2 Å². The van der Waals surface area contributed by atoms with Gasteiger partial charge in [0.25, 0.3) is 11.8 Å². The van der Waals surface area contributed by atoms with Gasteiger partial charge >= 0.3 is 0 Å². The topological polar surface area (TPSA) is 66.9 Å². The van der Waals surface area contributed by atoms with Gasteiger partial charge in [0.15, 0.2) is 0 Å². The van der Waals surface area contributed by atoms with Gasteiger partial charge in [-0.05, 0) is 66.6 Å². The SMILES string of the molecule is COc1cccc(C(=O)N(CCc2cccc(Cl)c2)C2CC(=O)N(c3ccc(Br)cc3)C2=O)c1. The molecule has 6 nitrogen and oxygen atoms in total. The van der Waals surface area contributed by atoms with Crippen LogP contribution in [-0.4, -0.2) is 42.3 Å². The zero-order valence-electron chi connectivity index (χ0n) is 18.4. The average molecular weight is 542 g/mol. The minimum absolute atomic E-state index is 0.0832. The van der Waals surface area contributed by atoms with Gasteiger partial charge in [-0.25, -0.2) is 4.90 Å². The van der Waals surface area contributed by atoms with Crippen molar-refractivity contribution in [3.8, 4) is 5.75 Å². The second-order valence-corrected chi connectivity index (χ2v) is 9.23. The predicted octanol–water partition coefficient (Wildman–Crippen LogP) is 5.13. The molecular formula is C26H22BrClN2O4. The largest absolute Gasteiger partial charge is 0.497 e. The summed E-state index contributed by atoms with van der Waals surface area (Å²) >= 11 is 9.48. The molecule has 1 aliphatic rings. The maximum atomic E-state index is 13.6. The number of nitrogens with zero attached hydrogens (tertiary/aromatic N) is 2. The van der Waals surface area contributed by atoms with Crippen LogP contribution in [0.4, 0.5) is 5.69 Å². The normalized spacial score (nSPS) is 15.5. The van der Waals surface area contributed by atoms with Crippen molar-refractivity contribution in [3.05, 3.63) is 93.4 Å². The standard InChI is InChI=1S/C26H22BrClN2O4/c1-34-22-7-3-5-18(15-22)25(32)29(13-12-17-4-2-6-20(28)14-17)23-16-24(31)30(26(23)33)21-10-8-19(27)9-11-21/h2-11,14-15,23H,12-13,16H2,1H3. The van der Waals surface area contributed by atoms with Crippen LogP contribution < -0.4 is 9.64 Å². The fourth-order valence-corrected chi connectivity index (χ4v) is 4.46. The minimum atomic E-state index is -0.908. The first-order valence-electron chi connectivity index (χ1n) is 10.7. The number of imide groups is 1. The lowest BCUT2D eigenvalue weighted by Gasteiger charge is -2.28. The Bertz CT molecular complexity index is 1230. The number of benzene rings is 3. The van der Waals surface area contributed by atoms with E-state index in [1.165, 1.54) is 12.0 Å². The van der Waals surface area contributed by atoms with Crippen LogP contribution in [0.5, 0.6) is 5.75 Å². The third-order valence-electron chi connectivity index (χ3n) is 5.69. The molecule has 3 amide bonds. The van der Waals surface area contributed by atoms with Gasteiger partial charge in [-0.1, -0.05) is 45.7 Å². The smallest absolute Gasteiger partial charge is 0.257 e. The van der Waals surface area contributed by atoms with Crippen molar-refractivity contribution >= 4 is 50.9 Å². The van der Waals surface area contributed by atoms with Crippen LogP contribution in [0.3, 0.4) is 0 Å². The number of halogens is 2. The van der Waals surface area contributed by atoms with E-state index >= 15 is 0 Å². The number of carbonyl (C=O) groups is 3. The second-order valence-electron chi connectivity index (χ2n) is 7.87. The van der Waals surface area contributed by atoms with Crippen molar-refractivity contribution < 1.29 is 19.1 Å². The molecular weight excluding hydrogens is 520 g/mol. The highest BCUT2D eigenvalue weighted by Crippen LogP contribution is 2.28. The molecule has 0 aliphatic carbocycles. The highest BCUT2D eigenvalue weighted by Gasteiger charge is 2.44.